The molecule has 2 aliphatic heterocycles. The number of nitrogens with one attached hydrogen (secondary N) is 1. The van der Waals surface area contributed by atoms with Gasteiger partial charge >= 0.3 is 0 Å². The van der Waals surface area contributed by atoms with Gasteiger partial charge in [-0.25, -0.2) is 0 Å². The second-order valence-corrected chi connectivity index (χ2v) is 8.44. The second-order valence-electron chi connectivity index (χ2n) is 7.33. The number of allylic oxidation sites excluding steroid dienone is 1. The Hall–Kier alpha value is -2.15. The van der Waals surface area contributed by atoms with Gasteiger partial charge in [0.05, 0.1) is 19.8 Å². The van der Waals surface area contributed by atoms with Crippen molar-refractivity contribution in [2.24, 2.45) is 0 Å². The number of benzene rings is 1. The van der Waals surface area contributed by atoms with E-state index in [9.17, 15) is 9.59 Å². The molecule has 28 heavy (non-hydrogen) atoms. The summed E-state index contributed by atoms with van der Waals surface area (Å²) in [4.78, 5) is 27.7. The van der Waals surface area contributed by atoms with E-state index in [0.717, 1.165) is 24.8 Å². The summed E-state index contributed by atoms with van der Waals surface area (Å²) in [7, 11) is 3.09. The van der Waals surface area contributed by atoms with E-state index in [-0.39, 0.29) is 17.2 Å². The molecule has 150 valence electrons. The third-order valence-electron chi connectivity index (χ3n) is 5.73. The molecule has 1 aromatic rings. The van der Waals surface area contributed by atoms with Gasteiger partial charge in [0.15, 0.2) is 11.5 Å². The quantitative estimate of drug-likeness (QED) is 0.740. The summed E-state index contributed by atoms with van der Waals surface area (Å²) in [5.74, 6) is 1.36. The molecule has 1 aromatic carbocycles. The van der Waals surface area contributed by atoms with Crippen molar-refractivity contribution in [3.05, 3.63) is 34.9 Å². The van der Waals surface area contributed by atoms with E-state index >= 15 is 0 Å². The highest BCUT2D eigenvalue weighted by atomic mass is 32.2. The molecule has 4 rings (SSSR count). The molecule has 0 saturated carbocycles. The normalized spacial score (nSPS) is 23.1. The molecule has 0 bridgehead atoms. The molecule has 0 spiro atoms. The Kier molecular flexibility index (Phi) is 5.53. The number of methoxy groups -OCH3 is 2. The highest BCUT2D eigenvalue weighted by molar-refractivity contribution is 7.99. The summed E-state index contributed by atoms with van der Waals surface area (Å²) in [6, 6.07) is 3.27. The van der Waals surface area contributed by atoms with E-state index in [4.69, 9.17) is 9.47 Å². The minimum atomic E-state index is -0.453. The van der Waals surface area contributed by atoms with E-state index in [2.05, 4.69) is 11.4 Å². The Morgan fingerprint density at radius 1 is 1.29 bits per heavy atom. The Labute approximate surface area is 169 Å². The van der Waals surface area contributed by atoms with Gasteiger partial charge in [-0.05, 0) is 38.2 Å². The van der Waals surface area contributed by atoms with Crippen LogP contribution in [0.3, 0.4) is 0 Å². The summed E-state index contributed by atoms with van der Waals surface area (Å²) in [5.41, 5.74) is 2.85. The third kappa shape index (κ3) is 3.26. The van der Waals surface area contributed by atoms with Gasteiger partial charge in [0, 0.05) is 17.9 Å². The third-order valence-corrected chi connectivity index (χ3v) is 7.03. The smallest absolute Gasteiger partial charge is 0.260 e. The van der Waals surface area contributed by atoms with Gasteiger partial charge in [-0.1, -0.05) is 17.7 Å². The van der Waals surface area contributed by atoms with Gasteiger partial charge in [0.2, 0.25) is 5.91 Å². The summed E-state index contributed by atoms with van der Waals surface area (Å²) in [6.45, 7) is 0.628. The van der Waals surface area contributed by atoms with Crippen LogP contribution >= 0.6 is 11.8 Å². The summed E-state index contributed by atoms with van der Waals surface area (Å²) < 4.78 is 10.8. The van der Waals surface area contributed by atoms with Gasteiger partial charge in [-0.2, -0.15) is 0 Å². The van der Waals surface area contributed by atoms with E-state index in [1.165, 1.54) is 25.5 Å². The first-order valence-electron chi connectivity index (χ1n) is 9.80. The first-order valence-corrected chi connectivity index (χ1v) is 10.8. The van der Waals surface area contributed by atoms with Crippen molar-refractivity contribution in [3.63, 3.8) is 0 Å². The monoisotopic (exact) mass is 402 g/mol. The first-order chi connectivity index (χ1) is 13.7. The molecule has 3 aliphatic rings. The molecule has 1 fully saturated rings. The fraction of sp³-hybridized carbons (Fsp3) is 0.524. The summed E-state index contributed by atoms with van der Waals surface area (Å²) >= 11 is 1.63. The Balaban J connectivity index is 1.46. The molecule has 1 aliphatic carbocycles. The van der Waals surface area contributed by atoms with Crippen molar-refractivity contribution >= 4 is 23.6 Å². The molecule has 0 aromatic heterocycles. The minimum Gasteiger partial charge on any atom is -0.493 e. The zero-order chi connectivity index (χ0) is 19.7. The van der Waals surface area contributed by atoms with Crippen LogP contribution in [0.5, 0.6) is 11.5 Å². The maximum atomic E-state index is 13.1. The van der Waals surface area contributed by atoms with Crippen molar-refractivity contribution < 1.29 is 19.1 Å². The first kappa shape index (κ1) is 19.2. The fourth-order valence-electron chi connectivity index (χ4n) is 4.29. The standard InChI is InChI=1S/C21H26N2O4S/c1-26-16-9-8-14-17(18(16)27-2)20(25)23-15(12-28-21(14)23)19(24)22-11-10-13-6-4-3-5-7-13/h6,8-9,15,21H,3-5,7,10-12H2,1-2H3,(H,22,24)/t15-,21-/m0/s1. The van der Waals surface area contributed by atoms with Crippen molar-refractivity contribution in [1.82, 2.24) is 10.2 Å². The van der Waals surface area contributed by atoms with Crippen LogP contribution in [0.1, 0.15) is 53.4 Å². The maximum Gasteiger partial charge on any atom is 0.260 e. The Morgan fingerprint density at radius 3 is 2.86 bits per heavy atom. The molecule has 1 saturated heterocycles. The highest BCUT2D eigenvalue weighted by Gasteiger charge is 2.50. The Bertz CT molecular complexity index is 823. The molecule has 7 heteroatoms. The zero-order valence-corrected chi connectivity index (χ0v) is 17.1. The molecule has 2 amide bonds. The van der Waals surface area contributed by atoms with Crippen LogP contribution in [0.2, 0.25) is 0 Å². The number of fused-ring (bicyclic) bond motifs is 3. The lowest BCUT2D eigenvalue weighted by atomic mass is 9.97. The van der Waals surface area contributed by atoms with E-state index in [1.807, 2.05) is 12.1 Å². The average Bonchev–Trinajstić information content (AvgIpc) is 3.28. The van der Waals surface area contributed by atoms with Crippen LogP contribution in [0, 0.1) is 0 Å². The largest absolute Gasteiger partial charge is 0.493 e. The molecule has 0 unspecified atom stereocenters. The van der Waals surface area contributed by atoms with Crippen LogP contribution < -0.4 is 14.8 Å². The van der Waals surface area contributed by atoms with E-state index in [1.54, 1.807) is 23.8 Å². The number of carbonyl (C=O) groups is 2. The molecule has 0 radical (unpaired) electrons. The van der Waals surface area contributed by atoms with Gasteiger partial charge in [-0.15, -0.1) is 11.8 Å². The van der Waals surface area contributed by atoms with Crippen LogP contribution in [0.15, 0.2) is 23.8 Å². The molecule has 2 atom stereocenters. The SMILES string of the molecule is COc1ccc2c(c1OC)C(=O)N1[C@H](C(=O)NCCC3=CCCCC3)CS[C@@H]21. The van der Waals surface area contributed by atoms with Crippen LogP contribution in [0.25, 0.3) is 0 Å². The van der Waals surface area contributed by atoms with Gasteiger partial charge in [0.1, 0.15) is 11.4 Å². The zero-order valence-electron chi connectivity index (χ0n) is 16.3. The predicted octanol–water partition coefficient (Wildman–Crippen LogP) is 3.28. The lowest BCUT2D eigenvalue weighted by Crippen LogP contribution is -2.46. The number of rotatable bonds is 6. The number of hydrogen-bond donors (Lipinski definition) is 1. The number of amides is 2. The van der Waals surface area contributed by atoms with Crippen LogP contribution in [-0.4, -0.2) is 49.3 Å². The minimum absolute atomic E-state index is 0.0708. The van der Waals surface area contributed by atoms with Crippen molar-refractivity contribution in [3.8, 4) is 11.5 Å². The average molecular weight is 403 g/mol. The molecular formula is C21H26N2O4S. The van der Waals surface area contributed by atoms with Gasteiger partial charge in [-0.3, -0.25) is 9.59 Å². The van der Waals surface area contributed by atoms with Gasteiger partial charge in [0.25, 0.3) is 5.91 Å². The molecule has 1 N–H and O–H groups in total. The van der Waals surface area contributed by atoms with E-state index < -0.39 is 6.04 Å². The fourth-order valence-corrected chi connectivity index (χ4v) is 5.75. The summed E-state index contributed by atoms with van der Waals surface area (Å²) in [5, 5.41) is 2.90. The predicted molar refractivity (Wildman–Crippen MR) is 109 cm³/mol. The highest BCUT2D eigenvalue weighted by Crippen LogP contribution is 2.52. The van der Waals surface area contributed by atoms with Crippen molar-refractivity contribution in [2.45, 2.75) is 43.5 Å². The van der Waals surface area contributed by atoms with Gasteiger partial charge < -0.3 is 19.7 Å². The van der Waals surface area contributed by atoms with Crippen LogP contribution in [0.4, 0.5) is 0 Å². The lowest BCUT2D eigenvalue weighted by molar-refractivity contribution is -0.124. The topological polar surface area (TPSA) is 67.9 Å². The van der Waals surface area contributed by atoms with E-state index in [0.29, 0.717) is 29.4 Å². The number of hydrogen-bond acceptors (Lipinski definition) is 5. The second kappa shape index (κ2) is 8.07. The molecule has 2 heterocycles. The lowest BCUT2D eigenvalue weighted by Gasteiger charge is -2.23. The molecule has 6 nitrogen and oxygen atoms in total. The summed E-state index contributed by atoms with van der Waals surface area (Å²) in [6.07, 6.45) is 8.00. The van der Waals surface area contributed by atoms with Crippen LogP contribution in [-0.2, 0) is 4.79 Å². The van der Waals surface area contributed by atoms with Crippen molar-refractivity contribution in [1.29, 1.82) is 0 Å². The molecular weight excluding hydrogens is 376 g/mol. The number of thioether (sulfide) groups is 1. The number of carbonyl (C=O) groups excluding carboxylic acids is 2. The van der Waals surface area contributed by atoms with Crippen molar-refractivity contribution in [2.75, 3.05) is 26.5 Å². The number of ether oxygens (including phenoxy) is 2. The Morgan fingerprint density at radius 2 is 2.14 bits per heavy atom. The number of nitrogens with zero attached hydrogens (tertiary/aromatic N) is 1. The maximum absolute atomic E-state index is 13.1.